The number of primary sulfonamides is 1. The minimum atomic E-state index is -3.62. The molecule has 0 atom stereocenters. The van der Waals surface area contributed by atoms with Crippen molar-refractivity contribution in [2.75, 3.05) is 5.32 Å². The number of rotatable bonds is 3. The summed E-state index contributed by atoms with van der Waals surface area (Å²) in [5, 5.41) is 8.45. The molecule has 1 aliphatic rings. The van der Waals surface area contributed by atoms with Crippen molar-refractivity contribution in [1.82, 2.24) is 0 Å². The fourth-order valence-electron chi connectivity index (χ4n) is 1.78. The zero-order valence-electron chi connectivity index (χ0n) is 9.23. The van der Waals surface area contributed by atoms with E-state index in [0.29, 0.717) is 11.6 Å². The van der Waals surface area contributed by atoms with Crippen LogP contribution in [0.4, 0.5) is 5.69 Å². The molecule has 0 unspecified atom stereocenters. The number of hydrogen-bond donors (Lipinski definition) is 2. The SMILES string of the molecule is Cc1ccc(NC2CCC2)cc1S(N)(=O)=O. The van der Waals surface area contributed by atoms with Gasteiger partial charge >= 0.3 is 0 Å². The molecule has 1 aromatic carbocycles. The summed E-state index contributed by atoms with van der Waals surface area (Å²) < 4.78 is 22.7. The highest BCUT2D eigenvalue weighted by Gasteiger charge is 2.18. The lowest BCUT2D eigenvalue weighted by molar-refractivity contribution is 0.445. The molecule has 0 radical (unpaired) electrons. The topological polar surface area (TPSA) is 72.2 Å². The van der Waals surface area contributed by atoms with E-state index in [4.69, 9.17) is 5.14 Å². The number of hydrogen-bond acceptors (Lipinski definition) is 3. The van der Waals surface area contributed by atoms with Crippen molar-refractivity contribution in [2.24, 2.45) is 5.14 Å². The van der Waals surface area contributed by atoms with Gasteiger partial charge in [-0.2, -0.15) is 0 Å². The van der Waals surface area contributed by atoms with Gasteiger partial charge in [-0.15, -0.1) is 0 Å². The molecule has 1 fully saturated rings. The average Bonchev–Trinajstić information content (AvgIpc) is 2.12. The van der Waals surface area contributed by atoms with Crippen LogP contribution in [0, 0.1) is 6.92 Å². The molecule has 5 heteroatoms. The molecular formula is C11H16N2O2S. The molecule has 0 amide bonds. The predicted octanol–water partition coefficient (Wildman–Crippen LogP) is 1.61. The van der Waals surface area contributed by atoms with Gasteiger partial charge in [0, 0.05) is 11.7 Å². The molecule has 3 N–H and O–H groups in total. The maximum atomic E-state index is 11.3. The first-order valence-corrected chi connectivity index (χ1v) is 6.91. The third-order valence-corrected chi connectivity index (χ3v) is 4.02. The third-order valence-electron chi connectivity index (χ3n) is 2.97. The number of benzene rings is 1. The average molecular weight is 240 g/mol. The zero-order chi connectivity index (χ0) is 11.8. The van der Waals surface area contributed by atoms with E-state index in [1.54, 1.807) is 19.1 Å². The summed E-state index contributed by atoms with van der Waals surface area (Å²) >= 11 is 0. The molecule has 88 valence electrons. The van der Waals surface area contributed by atoms with Crippen molar-refractivity contribution in [2.45, 2.75) is 37.1 Å². The first-order valence-electron chi connectivity index (χ1n) is 5.37. The molecule has 0 aromatic heterocycles. The van der Waals surface area contributed by atoms with Crippen LogP contribution < -0.4 is 10.5 Å². The number of anilines is 1. The Balaban J connectivity index is 2.27. The minimum absolute atomic E-state index is 0.205. The number of nitrogens with two attached hydrogens (primary N) is 1. The van der Waals surface area contributed by atoms with Gasteiger partial charge in [0.15, 0.2) is 0 Å². The van der Waals surface area contributed by atoms with E-state index in [-0.39, 0.29) is 4.90 Å². The predicted molar refractivity (Wildman–Crippen MR) is 63.8 cm³/mol. The van der Waals surface area contributed by atoms with E-state index in [1.165, 1.54) is 6.42 Å². The Morgan fingerprint density at radius 3 is 2.56 bits per heavy atom. The fraction of sp³-hybridized carbons (Fsp3) is 0.455. The molecule has 0 saturated heterocycles. The Labute approximate surface area is 95.9 Å². The van der Waals surface area contributed by atoms with E-state index in [9.17, 15) is 8.42 Å². The van der Waals surface area contributed by atoms with Crippen LogP contribution in [0.15, 0.2) is 23.1 Å². The molecular weight excluding hydrogens is 224 g/mol. The number of aryl methyl sites for hydroxylation is 1. The van der Waals surface area contributed by atoms with Gasteiger partial charge in [-0.3, -0.25) is 0 Å². The van der Waals surface area contributed by atoms with Gasteiger partial charge in [-0.25, -0.2) is 13.6 Å². The van der Waals surface area contributed by atoms with E-state index >= 15 is 0 Å². The summed E-state index contributed by atoms with van der Waals surface area (Å²) in [5.74, 6) is 0. The third kappa shape index (κ3) is 2.36. The molecule has 1 saturated carbocycles. The van der Waals surface area contributed by atoms with Crippen molar-refractivity contribution in [3.05, 3.63) is 23.8 Å². The maximum Gasteiger partial charge on any atom is 0.238 e. The van der Waals surface area contributed by atoms with Crippen LogP contribution in [0.25, 0.3) is 0 Å². The summed E-state index contributed by atoms with van der Waals surface area (Å²) in [4.78, 5) is 0.205. The summed E-state index contributed by atoms with van der Waals surface area (Å²) in [6.45, 7) is 1.74. The van der Waals surface area contributed by atoms with Crippen LogP contribution >= 0.6 is 0 Å². The number of nitrogens with one attached hydrogen (secondary N) is 1. The molecule has 0 aliphatic heterocycles. The molecule has 1 aromatic rings. The Hall–Kier alpha value is -1.07. The molecule has 4 nitrogen and oxygen atoms in total. The highest BCUT2D eigenvalue weighted by atomic mass is 32.2. The van der Waals surface area contributed by atoms with Gasteiger partial charge in [0.1, 0.15) is 0 Å². The number of sulfonamides is 1. The van der Waals surface area contributed by atoms with Crippen LogP contribution in [0.1, 0.15) is 24.8 Å². The second-order valence-corrected chi connectivity index (χ2v) is 5.83. The van der Waals surface area contributed by atoms with Crippen LogP contribution in [-0.4, -0.2) is 14.5 Å². The zero-order valence-corrected chi connectivity index (χ0v) is 10.0. The summed E-state index contributed by atoms with van der Waals surface area (Å²) in [7, 11) is -3.62. The standard InChI is InChI=1S/C11H16N2O2S/c1-8-5-6-10(13-9-3-2-4-9)7-11(8)16(12,14)15/h5-7,9,13H,2-4H2,1H3,(H2,12,14,15). The summed E-state index contributed by atoms with van der Waals surface area (Å²) in [5.41, 5.74) is 1.51. The molecule has 2 rings (SSSR count). The van der Waals surface area contributed by atoms with Crippen LogP contribution in [-0.2, 0) is 10.0 Å². The van der Waals surface area contributed by atoms with Gasteiger partial charge in [0.05, 0.1) is 4.90 Å². The lowest BCUT2D eigenvalue weighted by Gasteiger charge is -2.27. The van der Waals surface area contributed by atoms with Gasteiger partial charge in [-0.05, 0) is 43.9 Å². The molecule has 16 heavy (non-hydrogen) atoms. The summed E-state index contributed by atoms with van der Waals surface area (Å²) in [6.07, 6.45) is 3.54. The highest BCUT2D eigenvalue weighted by Crippen LogP contribution is 2.25. The second kappa shape index (κ2) is 4.07. The smallest absolute Gasteiger partial charge is 0.238 e. The fourth-order valence-corrected chi connectivity index (χ4v) is 2.59. The highest BCUT2D eigenvalue weighted by molar-refractivity contribution is 7.89. The van der Waals surface area contributed by atoms with E-state index in [0.717, 1.165) is 18.5 Å². The first-order chi connectivity index (χ1) is 7.47. The minimum Gasteiger partial charge on any atom is -0.382 e. The lowest BCUT2D eigenvalue weighted by atomic mass is 9.93. The van der Waals surface area contributed by atoms with Crippen molar-refractivity contribution >= 4 is 15.7 Å². The largest absolute Gasteiger partial charge is 0.382 e. The Bertz CT molecular complexity index is 493. The Kier molecular flexibility index (Phi) is 2.90. The van der Waals surface area contributed by atoms with Gasteiger partial charge in [-0.1, -0.05) is 6.07 Å². The van der Waals surface area contributed by atoms with Crippen molar-refractivity contribution in [3.8, 4) is 0 Å². The van der Waals surface area contributed by atoms with Crippen molar-refractivity contribution in [1.29, 1.82) is 0 Å². The normalized spacial score (nSPS) is 16.9. The quantitative estimate of drug-likeness (QED) is 0.843. The lowest BCUT2D eigenvalue weighted by Crippen LogP contribution is -2.27. The van der Waals surface area contributed by atoms with Crippen molar-refractivity contribution in [3.63, 3.8) is 0 Å². The van der Waals surface area contributed by atoms with E-state index in [2.05, 4.69) is 5.32 Å². The van der Waals surface area contributed by atoms with Gasteiger partial charge in [0.25, 0.3) is 0 Å². The van der Waals surface area contributed by atoms with E-state index in [1.807, 2.05) is 6.07 Å². The van der Waals surface area contributed by atoms with E-state index < -0.39 is 10.0 Å². The Morgan fingerprint density at radius 1 is 1.38 bits per heavy atom. The monoisotopic (exact) mass is 240 g/mol. The van der Waals surface area contributed by atoms with Gasteiger partial charge < -0.3 is 5.32 Å². The second-order valence-electron chi connectivity index (χ2n) is 4.30. The molecule has 0 spiro atoms. The van der Waals surface area contributed by atoms with Crippen molar-refractivity contribution < 1.29 is 8.42 Å². The Morgan fingerprint density at radius 2 is 2.06 bits per heavy atom. The maximum absolute atomic E-state index is 11.3. The van der Waals surface area contributed by atoms with Crippen LogP contribution in [0.5, 0.6) is 0 Å². The summed E-state index contributed by atoms with van der Waals surface area (Å²) in [6, 6.07) is 5.77. The molecule has 0 bridgehead atoms. The van der Waals surface area contributed by atoms with Crippen LogP contribution in [0.2, 0.25) is 0 Å². The van der Waals surface area contributed by atoms with Gasteiger partial charge in [0.2, 0.25) is 10.0 Å². The van der Waals surface area contributed by atoms with Crippen LogP contribution in [0.3, 0.4) is 0 Å². The first kappa shape index (κ1) is 11.4. The molecule has 0 heterocycles. The molecule has 1 aliphatic carbocycles.